The van der Waals surface area contributed by atoms with Crippen molar-refractivity contribution in [3.05, 3.63) is 109 Å². The lowest BCUT2D eigenvalue weighted by Crippen LogP contribution is -2.42. The maximum Gasteiger partial charge on any atom is 0.135 e. The topological polar surface area (TPSA) is 101 Å². The lowest BCUT2D eigenvalue weighted by molar-refractivity contribution is 0.0497. The highest BCUT2D eigenvalue weighted by Crippen LogP contribution is 2.29. The van der Waals surface area contributed by atoms with Gasteiger partial charge in [-0.25, -0.2) is 5.84 Å². The quantitative estimate of drug-likeness (QED) is 0.481. The maximum atomic E-state index is 11.1. The third kappa shape index (κ3) is 5.41. The van der Waals surface area contributed by atoms with E-state index < -0.39 is 5.60 Å². The first kappa shape index (κ1) is 19.1. The number of hydrogen-bond acceptors (Lipinski definition) is 6. The summed E-state index contributed by atoms with van der Waals surface area (Å²) in [5.41, 5.74) is 5.49. The second-order valence-electron chi connectivity index (χ2n) is 5.51. The Kier molecular flexibility index (Phi) is 7.30. The van der Waals surface area contributed by atoms with Crippen LogP contribution in [0.25, 0.3) is 0 Å². The number of nitrogens with two attached hydrogens (primary N) is 2. The molecule has 6 heteroatoms. The SMILES string of the molecule is N/C=C\N(N)CC(O)(c1ccccc1)c1cccnc1.c1ccncc1. The van der Waals surface area contributed by atoms with Crippen molar-refractivity contribution in [3.63, 3.8) is 0 Å². The van der Waals surface area contributed by atoms with Crippen LogP contribution >= 0.6 is 0 Å². The number of benzene rings is 1. The van der Waals surface area contributed by atoms with Crippen molar-refractivity contribution in [3.8, 4) is 0 Å². The Labute approximate surface area is 153 Å². The lowest BCUT2D eigenvalue weighted by atomic mass is 9.87. The lowest BCUT2D eigenvalue weighted by Gasteiger charge is -2.32. The molecule has 0 spiro atoms. The zero-order valence-corrected chi connectivity index (χ0v) is 14.4. The summed E-state index contributed by atoms with van der Waals surface area (Å²) >= 11 is 0. The fourth-order valence-electron chi connectivity index (χ4n) is 2.41. The van der Waals surface area contributed by atoms with Gasteiger partial charge >= 0.3 is 0 Å². The molecule has 0 fully saturated rings. The van der Waals surface area contributed by atoms with Gasteiger partial charge in [-0.15, -0.1) is 0 Å². The summed E-state index contributed by atoms with van der Waals surface area (Å²) in [4.78, 5) is 7.85. The van der Waals surface area contributed by atoms with Crippen LogP contribution in [0, 0.1) is 0 Å². The summed E-state index contributed by atoms with van der Waals surface area (Å²) in [6, 6.07) is 18.7. The molecule has 1 unspecified atom stereocenters. The molecule has 0 amide bonds. The Balaban J connectivity index is 0.000000342. The Morgan fingerprint density at radius 3 is 2.00 bits per heavy atom. The first-order valence-corrected chi connectivity index (χ1v) is 8.10. The van der Waals surface area contributed by atoms with Crippen molar-refractivity contribution in [1.82, 2.24) is 15.0 Å². The summed E-state index contributed by atoms with van der Waals surface area (Å²) in [6.07, 6.45) is 9.63. The van der Waals surface area contributed by atoms with Crippen LogP contribution in [0.1, 0.15) is 11.1 Å². The Morgan fingerprint density at radius 1 is 0.885 bits per heavy atom. The summed E-state index contributed by atoms with van der Waals surface area (Å²) in [5, 5.41) is 12.5. The van der Waals surface area contributed by atoms with E-state index in [2.05, 4.69) is 9.97 Å². The van der Waals surface area contributed by atoms with Gasteiger partial charge < -0.3 is 15.8 Å². The van der Waals surface area contributed by atoms with Crippen molar-refractivity contribution < 1.29 is 5.11 Å². The molecule has 5 N–H and O–H groups in total. The summed E-state index contributed by atoms with van der Waals surface area (Å²) < 4.78 is 0. The molecule has 0 aliphatic rings. The van der Waals surface area contributed by atoms with E-state index in [4.69, 9.17) is 11.6 Å². The third-order valence-electron chi connectivity index (χ3n) is 3.65. The zero-order valence-electron chi connectivity index (χ0n) is 14.4. The molecule has 26 heavy (non-hydrogen) atoms. The molecular formula is C20H23N5O. The van der Waals surface area contributed by atoms with E-state index >= 15 is 0 Å². The van der Waals surface area contributed by atoms with E-state index in [1.54, 1.807) is 30.9 Å². The third-order valence-corrected chi connectivity index (χ3v) is 3.65. The molecule has 2 aromatic heterocycles. The molecule has 6 nitrogen and oxygen atoms in total. The maximum absolute atomic E-state index is 11.1. The molecule has 1 aromatic carbocycles. The van der Waals surface area contributed by atoms with Gasteiger partial charge in [0.2, 0.25) is 0 Å². The largest absolute Gasteiger partial charge is 0.403 e. The van der Waals surface area contributed by atoms with Gasteiger partial charge in [0.25, 0.3) is 0 Å². The van der Waals surface area contributed by atoms with E-state index in [-0.39, 0.29) is 6.54 Å². The van der Waals surface area contributed by atoms with Gasteiger partial charge in [-0.2, -0.15) is 0 Å². The molecule has 0 aliphatic carbocycles. The summed E-state index contributed by atoms with van der Waals surface area (Å²) in [6.45, 7) is 0.163. The summed E-state index contributed by atoms with van der Waals surface area (Å²) in [7, 11) is 0. The predicted molar refractivity (Wildman–Crippen MR) is 102 cm³/mol. The summed E-state index contributed by atoms with van der Waals surface area (Å²) in [5.74, 6) is 5.83. The van der Waals surface area contributed by atoms with Crippen molar-refractivity contribution in [1.29, 1.82) is 0 Å². The predicted octanol–water partition coefficient (Wildman–Crippen LogP) is 2.00. The molecule has 3 aromatic rings. The molecule has 0 saturated carbocycles. The highest BCUT2D eigenvalue weighted by Gasteiger charge is 2.33. The average molecular weight is 349 g/mol. The number of rotatable bonds is 5. The molecule has 2 heterocycles. The van der Waals surface area contributed by atoms with Gasteiger partial charge in [0.1, 0.15) is 5.60 Å². The van der Waals surface area contributed by atoms with E-state index in [9.17, 15) is 5.11 Å². The number of hydrogen-bond donors (Lipinski definition) is 3. The van der Waals surface area contributed by atoms with Crippen molar-refractivity contribution >= 4 is 0 Å². The highest BCUT2D eigenvalue weighted by molar-refractivity contribution is 5.35. The number of nitrogens with zero attached hydrogens (tertiary/aromatic N) is 3. The molecule has 1 atom stereocenters. The van der Waals surface area contributed by atoms with Crippen molar-refractivity contribution in [2.75, 3.05) is 6.54 Å². The fourth-order valence-corrected chi connectivity index (χ4v) is 2.41. The Bertz CT molecular complexity index is 700. The standard InChI is InChI=1S/C15H18N4O.C5H5N/c16-8-10-19(17)12-15(20,13-5-2-1-3-6-13)14-7-4-9-18-11-14;1-2-4-6-5-3-1/h1-11,20H,12,16-17H2;1-5H/b10-8-;. The average Bonchev–Trinajstić information content (AvgIpc) is 2.71. The molecule has 134 valence electrons. The van der Waals surface area contributed by atoms with Crippen LogP contribution in [0.4, 0.5) is 0 Å². The second-order valence-corrected chi connectivity index (χ2v) is 5.51. The minimum atomic E-state index is -1.26. The van der Waals surface area contributed by atoms with Crippen LogP contribution in [0.15, 0.2) is 97.9 Å². The molecule has 0 saturated heterocycles. The van der Waals surface area contributed by atoms with Gasteiger partial charge in [-0.3, -0.25) is 9.97 Å². The Morgan fingerprint density at radius 2 is 1.50 bits per heavy atom. The van der Waals surface area contributed by atoms with Gasteiger partial charge in [-0.05, 0) is 23.8 Å². The normalized spacial score (nSPS) is 12.7. The minimum absolute atomic E-state index is 0.163. The van der Waals surface area contributed by atoms with E-state index in [1.165, 1.54) is 17.4 Å². The molecular weight excluding hydrogens is 326 g/mol. The van der Waals surface area contributed by atoms with Crippen LogP contribution in [0.5, 0.6) is 0 Å². The fraction of sp³-hybridized carbons (Fsp3) is 0.100. The smallest absolute Gasteiger partial charge is 0.135 e. The zero-order chi connectivity index (χ0) is 18.7. The van der Waals surface area contributed by atoms with E-state index in [1.807, 2.05) is 54.6 Å². The monoisotopic (exact) mass is 349 g/mol. The van der Waals surface area contributed by atoms with Crippen LogP contribution in [0.2, 0.25) is 0 Å². The van der Waals surface area contributed by atoms with Crippen LogP contribution in [-0.4, -0.2) is 26.6 Å². The highest BCUT2D eigenvalue weighted by atomic mass is 16.3. The van der Waals surface area contributed by atoms with Gasteiger partial charge in [0.15, 0.2) is 0 Å². The first-order chi connectivity index (χ1) is 12.7. The van der Waals surface area contributed by atoms with Crippen molar-refractivity contribution in [2.45, 2.75) is 5.60 Å². The van der Waals surface area contributed by atoms with Crippen LogP contribution in [0.3, 0.4) is 0 Å². The number of aromatic nitrogens is 2. The minimum Gasteiger partial charge on any atom is -0.403 e. The van der Waals surface area contributed by atoms with E-state index in [0.717, 1.165) is 5.56 Å². The Hall–Kier alpha value is -3.22. The van der Waals surface area contributed by atoms with Crippen molar-refractivity contribution in [2.24, 2.45) is 11.6 Å². The second kappa shape index (κ2) is 9.93. The van der Waals surface area contributed by atoms with Gasteiger partial charge in [0, 0.05) is 42.8 Å². The van der Waals surface area contributed by atoms with Gasteiger partial charge in [-0.1, -0.05) is 42.5 Å². The van der Waals surface area contributed by atoms with Crippen LogP contribution in [-0.2, 0) is 5.60 Å². The van der Waals surface area contributed by atoms with Gasteiger partial charge in [0.05, 0.1) is 6.54 Å². The van der Waals surface area contributed by atoms with E-state index in [0.29, 0.717) is 5.56 Å². The molecule has 3 rings (SSSR count). The number of hydrazine groups is 1. The van der Waals surface area contributed by atoms with Crippen LogP contribution < -0.4 is 11.6 Å². The number of pyridine rings is 2. The number of aliphatic hydroxyl groups is 1. The molecule has 0 bridgehead atoms. The molecule has 0 radical (unpaired) electrons. The molecule has 0 aliphatic heterocycles. The first-order valence-electron chi connectivity index (χ1n) is 8.10.